The molecule has 0 saturated carbocycles. The summed E-state index contributed by atoms with van der Waals surface area (Å²) in [7, 11) is 0. The number of nitrogens with two attached hydrogens (primary N) is 1. The number of likely N-dealkylation sites (tertiary alicyclic amines) is 1. The molecule has 0 aromatic heterocycles. The molecule has 0 unspecified atom stereocenters. The van der Waals surface area contributed by atoms with Crippen LogP contribution in [0.3, 0.4) is 0 Å². The molecular weight excluding hydrogens is 310 g/mol. The molecule has 2 aromatic rings. The Hall–Kier alpha value is -2.17. The number of nitrogens with zero attached hydrogens (tertiary/aromatic N) is 1. The summed E-state index contributed by atoms with van der Waals surface area (Å²) in [5.74, 6) is 0.313. The van der Waals surface area contributed by atoms with E-state index in [2.05, 4.69) is 41.4 Å². The maximum atomic E-state index is 12.5. The third-order valence-corrected chi connectivity index (χ3v) is 4.98. The van der Waals surface area contributed by atoms with E-state index in [4.69, 9.17) is 5.73 Å². The molecule has 4 heteroatoms. The monoisotopic (exact) mass is 337 g/mol. The van der Waals surface area contributed by atoms with Crippen molar-refractivity contribution in [3.8, 4) is 0 Å². The van der Waals surface area contributed by atoms with E-state index in [0.717, 1.165) is 29.9 Å². The molecule has 1 aliphatic heterocycles. The van der Waals surface area contributed by atoms with Crippen LogP contribution in [0.1, 0.15) is 28.2 Å². The Morgan fingerprint density at radius 1 is 1.12 bits per heavy atom. The van der Waals surface area contributed by atoms with Crippen LogP contribution in [0.25, 0.3) is 0 Å². The van der Waals surface area contributed by atoms with Gasteiger partial charge in [-0.3, -0.25) is 9.69 Å². The minimum Gasteiger partial charge on any atom is -0.326 e. The van der Waals surface area contributed by atoms with Crippen LogP contribution in [0.15, 0.2) is 42.5 Å². The SMILES string of the molecule is Cc1cc(C)c(NC(=O)CN2C[C@@H](N)[C@H](c3ccccc3)C2)c(C)c1. The summed E-state index contributed by atoms with van der Waals surface area (Å²) >= 11 is 0. The molecule has 1 aliphatic rings. The molecule has 0 aliphatic carbocycles. The van der Waals surface area contributed by atoms with Crippen molar-refractivity contribution in [1.29, 1.82) is 0 Å². The number of carbonyl (C=O) groups excluding carboxylic acids is 1. The second-order valence-electron chi connectivity index (χ2n) is 7.20. The number of hydrogen-bond acceptors (Lipinski definition) is 3. The summed E-state index contributed by atoms with van der Waals surface area (Å²) < 4.78 is 0. The maximum absolute atomic E-state index is 12.5. The Balaban J connectivity index is 1.63. The van der Waals surface area contributed by atoms with Crippen molar-refractivity contribution < 1.29 is 4.79 Å². The Bertz CT molecular complexity index is 734. The van der Waals surface area contributed by atoms with Gasteiger partial charge in [0.15, 0.2) is 0 Å². The molecule has 0 bridgehead atoms. The first-order chi connectivity index (χ1) is 11.9. The lowest BCUT2D eigenvalue weighted by molar-refractivity contribution is -0.117. The first-order valence-electron chi connectivity index (χ1n) is 8.84. The van der Waals surface area contributed by atoms with Crippen molar-refractivity contribution in [2.45, 2.75) is 32.7 Å². The van der Waals surface area contributed by atoms with Crippen molar-refractivity contribution in [2.24, 2.45) is 5.73 Å². The smallest absolute Gasteiger partial charge is 0.238 e. The third kappa shape index (κ3) is 4.09. The summed E-state index contributed by atoms with van der Waals surface area (Å²) in [4.78, 5) is 14.7. The fourth-order valence-corrected chi connectivity index (χ4v) is 3.85. The van der Waals surface area contributed by atoms with E-state index < -0.39 is 0 Å². The highest BCUT2D eigenvalue weighted by atomic mass is 16.2. The number of hydrogen-bond donors (Lipinski definition) is 2. The van der Waals surface area contributed by atoms with Gasteiger partial charge in [0.05, 0.1) is 6.54 Å². The lowest BCUT2D eigenvalue weighted by Crippen LogP contribution is -2.34. The highest BCUT2D eigenvalue weighted by Crippen LogP contribution is 2.26. The molecule has 3 rings (SSSR count). The fraction of sp³-hybridized carbons (Fsp3) is 0.381. The normalized spacial score (nSPS) is 20.6. The van der Waals surface area contributed by atoms with E-state index in [-0.39, 0.29) is 17.9 Å². The number of benzene rings is 2. The molecule has 1 saturated heterocycles. The van der Waals surface area contributed by atoms with Gasteiger partial charge in [-0.15, -0.1) is 0 Å². The van der Waals surface area contributed by atoms with Crippen LogP contribution in [0.5, 0.6) is 0 Å². The van der Waals surface area contributed by atoms with Gasteiger partial charge < -0.3 is 11.1 Å². The van der Waals surface area contributed by atoms with Crippen LogP contribution in [0, 0.1) is 20.8 Å². The predicted molar refractivity (Wildman–Crippen MR) is 103 cm³/mol. The molecular formula is C21H27N3O. The van der Waals surface area contributed by atoms with E-state index in [1.165, 1.54) is 11.1 Å². The molecule has 2 atom stereocenters. The summed E-state index contributed by atoms with van der Waals surface area (Å²) in [6.45, 7) is 8.09. The Labute approximate surface area is 150 Å². The zero-order chi connectivity index (χ0) is 18.0. The second kappa shape index (κ2) is 7.38. The van der Waals surface area contributed by atoms with Crippen LogP contribution < -0.4 is 11.1 Å². The van der Waals surface area contributed by atoms with E-state index in [0.29, 0.717) is 6.54 Å². The van der Waals surface area contributed by atoms with Gasteiger partial charge in [-0.1, -0.05) is 48.0 Å². The van der Waals surface area contributed by atoms with Gasteiger partial charge in [-0.2, -0.15) is 0 Å². The van der Waals surface area contributed by atoms with Gasteiger partial charge in [0, 0.05) is 30.7 Å². The van der Waals surface area contributed by atoms with Crippen LogP contribution in [-0.4, -0.2) is 36.5 Å². The summed E-state index contributed by atoms with van der Waals surface area (Å²) in [5, 5.41) is 3.08. The minimum atomic E-state index is 0.0240. The van der Waals surface area contributed by atoms with E-state index in [1.807, 2.05) is 32.0 Å². The topological polar surface area (TPSA) is 58.4 Å². The average Bonchev–Trinajstić information content (AvgIpc) is 2.92. The van der Waals surface area contributed by atoms with E-state index in [1.54, 1.807) is 0 Å². The van der Waals surface area contributed by atoms with E-state index >= 15 is 0 Å². The van der Waals surface area contributed by atoms with Gasteiger partial charge >= 0.3 is 0 Å². The van der Waals surface area contributed by atoms with Gasteiger partial charge in [0.25, 0.3) is 0 Å². The second-order valence-corrected chi connectivity index (χ2v) is 7.20. The molecule has 0 radical (unpaired) electrons. The molecule has 25 heavy (non-hydrogen) atoms. The summed E-state index contributed by atoms with van der Waals surface area (Å²) in [6.07, 6.45) is 0. The zero-order valence-electron chi connectivity index (χ0n) is 15.3. The molecule has 0 spiro atoms. The molecule has 1 amide bonds. The number of amides is 1. The van der Waals surface area contributed by atoms with E-state index in [9.17, 15) is 4.79 Å². The van der Waals surface area contributed by atoms with Crippen molar-refractivity contribution in [3.05, 3.63) is 64.7 Å². The van der Waals surface area contributed by atoms with Crippen molar-refractivity contribution in [1.82, 2.24) is 4.90 Å². The number of nitrogens with one attached hydrogen (secondary N) is 1. The van der Waals surface area contributed by atoms with Crippen LogP contribution in [0.4, 0.5) is 5.69 Å². The number of carbonyl (C=O) groups is 1. The largest absolute Gasteiger partial charge is 0.326 e. The van der Waals surface area contributed by atoms with Crippen LogP contribution >= 0.6 is 0 Å². The fourth-order valence-electron chi connectivity index (χ4n) is 3.85. The maximum Gasteiger partial charge on any atom is 0.238 e. The molecule has 1 heterocycles. The molecule has 2 aromatic carbocycles. The Morgan fingerprint density at radius 2 is 1.76 bits per heavy atom. The molecule has 1 fully saturated rings. The van der Waals surface area contributed by atoms with Crippen LogP contribution in [-0.2, 0) is 4.79 Å². The minimum absolute atomic E-state index is 0.0240. The number of anilines is 1. The standard InChI is InChI=1S/C21H27N3O/c1-14-9-15(2)21(16(3)10-14)23-20(25)13-24-11-18(19(22)12-24)17-7-5-4-6-8-17/h4-10,18-19H,11-13,22H2,1-3H3,(H,23,25)/t18-,19+/m0/s1. The lowest BCUT2D eigenvalue weighted by Gasteiger charge is -2.17. The lowest BCUT2D eigenvalue weighted by atomic mass is 9.95. The van der Waals surface area contributed by atoms with Crippen molar-refractivity contribution in [3.63, 3.8) is 0 Å². The number of aryl methyl sites for hydroxylation is 3. The highest BCUT2D eigenvalue weighted by molar-refractivity contribution is 5.93. The first kappa shape index (κ1) is 17.6. The van der Waals surface area contributed by atoms with Crippen molar-refractivity contribution >= 4 is 11.6 Å². The van der Waals surface area contributed by atoms with Crippen molar-refractivity contribution in [2.75, 3.05) is 25.0 Å². The van der Waals surface area contributed by atoms with Gasteiger partial charge in [-0.25, -0.2) is 0 Å². The predicted octanol–water partition coefficient (Wildman–Crippen LogP) is 2.98. The summed E-state index contributed by atoms with van der Waals surface area (Å²) in [5.41, 5.74) is 11.9. The van der Waals surface area contributed by atoms with Crippen LogP contribution in [0.2, 0.25) is 0 Å². The number of rotatable bonds is 4. The van der Waals surface area contributed by atoms with Gasteiger partial charge in [0.2, 0.25) is 5.91 Å². The first-order valence-corrected chi connectivity index (χ1v) is 8.84. The highest BCUT2D eigenvalue weighted by Gasteiger charge is 2.32. The summed E-state index contributed by atoms with van der Waals surface area (Å²) in [6, 6.07) is 14.6. The quantitative estimate of drug-likeness (QED) is 0.902. The molecule has 3 N–H and O–H groups in total. The third-order valence-electron chi connectivity index (χ3n) is 4.98. The van der Waals surface area contributed by atoms with Gasteiger partial charge in [-0.05, 0) is 37.5 Å². The molecule has 4 nitrogen and oxygen atoms in total. The molecule has 132 valence electrons. The van der Waals surface area contributed by atoms with Gasteiger partial charge in [0.1, 0.15) is 0 Å². The average molecular weight is 337 g/mol. The Kier molecular flexibility index (Phi) is 5.21. The zero-order valence-corrected chi connectivity index (χ0v) is 15.3. The Morgan fingerprint density at radius 3 is 2.40 bits per heavy atom.